The molecule has 166 valence electrons. The van der Waals surface area contributed by atoms with E-state index >= 15 is 0 Å². The largest absolute Gasteiger partial charge is 0.497 e. The van der Waals surface area contributed by atoms with Crippen molar-refractivity contribution in [3.05, 3.63) is 72.2 Å². The van der Waals surface area contributed by atoms with Gasteiger partial charge in [0, 0.05) is 24.5 Å². The van der Waals surface area contributed by atoms with Gasteiger partial charge in [-0.3, -0.25) is 14.7 Å². The molecule has 1 atom stereocenters. The zero-order valence-corrected chi connectivity index (χ0v) is 18.2. The van der Waals surface area contributed by atoms with Crippen molar-refractivity contribution in [2.75, 3.05) is 44.0 Å². The highest BCUT2D eigenvalue weighted by molar-refractivity contribution is 5.92. The molecule has 1 amide bonds. The number of anilines is 3. The average molecular weight is 434 g/mol. The number of hydrogen-bond acceptors (Lipinski definition) is 7. The molecule has 1 aliphatic heterocycles. The Morgan fingerprint density at radius 1 is 1.16 bits per heavy atom. The normalized spacial score (nSPS) is 16.4. The summed E-state index contributed by atoms with van der Waals surface area (Å²) in [5.74, 6) is 1.47. The highest BCUT2D eigenvalue weighted by Crippen LogP contribution is 2.23. The number of hydrogen-bond donors (Lipinski definition) is 2. The summed E-state index contributed by atoms with van der Waals surface area (Å²) in [4.78, 5) is 23.6. The number of methoxy groups -OCH3 is 1. The molecule has 0 spiro atoms. The number of aryl methyl sites for hydroxylation is 1. The molecular formula is C24H27N5O3. The Balaban J connectivity index is 1.31. The van der Waals surface area contributed by atoms with Crippen molar-refractivity contribution in [3.8, 4) is 5.75 Å². The standard InChI is InChI=1S/C24H27N5O3/c1-17-4-3-5-23(26-17)27-19-8-11-21(25-14-19)22-15-29(12-13-32-22)16-24(30)28-18-6-9-20(31-2)10-7-18/h3-11,14,22H,12-13,15-16H2,1-2H3,(H,26,27)(H,28,30)/t22-/m0/s1. The lowest BCUT2D eigenvalue weighted by Crippen LogP contribution is -2.42. The lowest BCUT2D eigenvalue weighted by molar-refractivity contribution is -0.119. The van der Waals surface area contributed by atoms with E-state index in [-0.39, 0.29) is 12.0 Å². The van der Waals surface area contributed by atoms with Crippen molar-refractivity contribution in [2.24, 2.45) is 0 Å². The molecule has 4 rings (SSSR count). The number of carbonyl (C=O) groups is 1. The van der Waals surface area contributed by atoms with E-state index in [1.807, 2.05) is 61.5 Å². The van der Waals surface area contributed by atoms with Gasteiger partial charge < -0.3 is 20.1 Å². The van der Waals surface area contributed by atoms with Crippen LogP contribution in [0.4, 0.5) is 17.2 Å². The molecule has 0 saturated carbocycles. The zero-order valence-electron chi connectivity index (χ0n) is 18.2. The van der Waals surface area contributed by atoms with E-state index in [0.717, 1.165) is 34.3 Å². The third-order valence-corrected chi connectivity index (χ3v) is 5.17. The first kappa shape index (κ1) is 21.7. The van der Waals surface area contributed by atoms with E-state index < -0.39 is 0 Å². The SMILES string of the molecule is COc1ccc(NC(=O)CN2CCO[C@H](c3ccc(Nc4cccc(C)n4)cn3)C2)cc1. The minimum Gasteiger partial charge on any atom is -0.497 e. The van der Waals surface area contributed by atoms with Crippen LogP contribution in [-0.2, 0) is 9.53 Å². The van der Waals surface area contributed by atoms with Crippen LogP contribution in [0.3, 0.4) is 0 Å². The zero-order chi connectivity index (χ0) is 22.3. The molecule has 8 nitrogen and oxygen atoms in total. The maximum atomic E-state index is 12.5. The fourth-order valence-corrected chi connectivity index (χ4v) is 3.53. The maximum absolute atomic E-state index is 12.5. The average Bonchev–Trinajstić information content (AvgIpc) is 2.80. The molecule has 0 radical (unpaired) electrons. The maximum Gasteiger partial charge on any atom is 0.238 e. The number of rotatable bonds is 7. The number of benzene rings is 1. The fraction of sp³-hybridized carbons (Fsp3) is 0.292. The Labute approximate surface area is 187 Å². The molecule has 3 heterocycles. The van der Waals surface area contributed by atoms with Crippen LogP contribution >= 0.6 is 0 Å². The van der Waals surface area contributed by atoms with Gasteiger partial charge in [-0.05, 0) is 55.5 Å². The van der Waals surface area contributed by atoms with Gasteiger partial charge in [0.1, 0.15) is 17.7 Å². The second-order valence-electron chi connectivity index (χ2n) is 7.63. The molecule has 1 fully saturated rings. The van der Waals surface area contributed by atoms with E-state index in [4.69, 9.17) is 9.47 Å². The molecule has 32 heavy (non-hydrogen) atoms. The van der Waals surface area contributed by atoms with Crippen molar-refractivity contribution in [1.29, 1.82) is 0 Å². The number of carbonyl (C=O) groups excluding carboxylic acids is 1. The van der Waals surface area contributed by atoms with Crippen molar-refractivity contribution in [3.63, 3.8) is 0 Å². The first-order chi connectivity index (χ1) is 15.6. The van der Waals surface area contributed by atoms with E-state index in [1.54, 1.807) is 13.3 Å². The quantitative estimate of drug-likeness (QED) is 0.589. The van der Waals surface area contributed by atoms with Crippen LogP contribution < -0.4 is 15.4 Å². The Morgan fingerprint density at radius 2 is 1.97 bits per heavy atom. The smallest absolute Gasteiger partial charge is 0.238 e. The molecule has 8 heteroatoms. The minimum absolute atomic E-state index is 0.0611. The number of aromatic nitrogens is 2. The molecular weight excluding hydrogens is 406 g/mol. The van der Waals surface area contributed by atoms with Crippen LogP contribution in [0.2, 0.25) is 0 Å². The van der Waals surface area contributed by atoms with Crippen molar-refractivity contribution in [2.45, 2.75) is 13.0 Å². The molecule has 0 unspecified atom stereocenters. The van der Waals surface area contributed by atoms with Gasteiger partial charge in [0.15, 0.2) is 0 Å². The van der Waals surface area contributed by atoms with Gasteiger partial charge in [-0.15, -0.1) is 0 Å². The number of ether oxygens (including phenoxy) is 2. The highest BCUT2D eigenvalue weighted by atomic mass is 16.5. The van der Waals surface area contributed by atoms with Crippen molar-refractivity contribution < 1.29 is 14.3 Å². The van der Waals surface area contributed by atoms with Crippen LogP contribution in [0.15, 0.2) is 60.8 Å². The summed E-state index contributed by atoms with van der Waals surface area (Å²) < 4.78 is 11.1. The van der Waals surface area contributed by atoms with Crippen LogP contribution in [0, 0.1) is 6.92 Å². The summed E-state index contributed by atoms with van der Waals surface area (Å²) in [7, 11) is 1.61. The van der Waals surface area contributed by atoms with Crippen molar-refractivity contribution >= 4 is 23.1 Å². The van der Waals surface area contributed by atoms with Crippen LogP contribution in [-0.4, -0.2) is 54.1 Å². The van der Waals surface area contributed by atoms with Crippen LogP contribution in [0.5, 0.6) is 5.75 Å². The molecule has 1 aliphatic rings. The Morgan fingerprint density at radius 3 is 2.69 bits per heavy atom. The predicted molar refractivity (Wildman–Crippen MR) is 123 cm³/mol. The molecule has 0 bridgehead atoms. The van der Waals surface area contributed by atoms with E-state index in [2.05, 4.69) is 25.5 Å². The van der Waals surface area contributed by atoms with Gasteiger partial charge in [-0.25, -0.2) is 4.98 Å². The molecule has 1 saturated heterocycles. The topological polar surface area (TPSA) is 88.6 Å². The Kier molecular flexibility index (Phi) is 6.94. The van der Waals surface area contributed by atoms with Gasteiger partial charge in [0.25, 0.3) is 0 Å². The Hall–Kier alpha value is -3.49. The van der Waals surface area contributed by atoms with Crippen molar-refractivity contribution in [1.82, 2.24) is 14.9 Å². The highest BCUT2D eigenvalue weighted by Gasteiger charge is 2.24. The fourth-order valence-electron chi connectivity index (χ4n) is 3.53. The van der Waals surface area contributed by atoms with Gasteiger partial charge in [-0.1, -0.05) is 6.07 Å². The third-order valence-electron chi connectivity index (χ3n) is 5.17. The van der Waals surface area contributed by atoms with Gasteiger partial charge in [0.2, 0.25) is 5.91 Å². The minimum atomic E-state index is -0.177. The van der Waals surface area contributed by atoms with E-state index in [1.165, 1.54) is 0 Å². The first-order valence-electron chi connectivity index (χ1n) is 10.5. The molecule has 2 N–H and O–H groups in total. The number of pyridine rings is 2. The summed E-state index contributed by atoms with van der Waals surface area (Å²) >= 11 is 0. The van der Waals surface area contributed by atoms with Gasteiger partial charge in [-0.2, -0.15) is 0 Å². The Bertz CT molecular complexity index is 1040. The number of nitrogens with one attached hydrogen (secondary N) is 2. The number of amides is 1. The molecule has 1 aromatic carbocycles. The lowest BCUT2D eigenvalue weighted by atomic mass is 10.2. The lowest BCUT2D eigenvalue weighted by Gasteiger charge is -2.32. The first-order valence-corrected chi connectivity index (χ1v) is 10.5. The summed E-state index contributed by atoms with van der Waals surface area (Å²) in [6.07, 6.45) is 1.60. The van der Waals surface area contributed by atoms with E-state index in [9.17, 15) is 4.79 Å². The summed E-state index contributed by atoms with van der Waals surface area (Å²) in [6.45, 7) is 4.11. The molecule has 3 aromatic rings. The summed E-state index contributed by atoms with van der Waals surface area (Å²) in [5.41, 5.74) is 3.39. The molecule has 2 aromatic heterocycles. The number of nitrogens with zero attached hydrogens (tertiary/aromatic N) is 3. The number of morpholine rings is 1. The second-order valence-corrected chi connectivity index (χ2v) is 7.63. The predicted octanol–water partition coefficient (Wildman–Crippen LogP) is 3.55. The summed E-state index contributed by atoms with van der Waals surface area (Å²) in [5, 5.41) is 6.18. The third kappa shape index (κ3) is 5.81. The van der Waals surface area contributed by atoms with Gasteiger partial charge >= 0.3 is 0 Å². The molecule has 0 aliphatic carbocycles. The monoisotopic (exact) mass is 433 g/mol. The van der Waals surface area contributed by atoms with Crippen LogP contribution in [0.25, 0.3) is 0 Å². The van der Waals surface area contributed by atoms with Gasteiger partial charge in [0.05, 0.1) is 37.8 Å². The summed E-state index contributed by atoms with van der Waals surface area (Å²) in [6, 6.07) is 17.0. The van der Waals surface area contributed by atoms with Crippen LogP contribution in [0.1, 0.15) is 17.5 Å². The van der Waals surface area contributed by atoms with E-state index in [0.29, 0.717) is 26.2 Å². The second kappa shape index (κ2) is 10.2.